The number of hydrogen-bond acceptors (Lipinski definition) is 5. The van der Waals surface area contributed by atoms with Crippen LogP contribution in [0.1, 0.15) is 18.1 Å². The second-order valence-corrected chi connectivity index (χ2v) is 6.19. The zero-order valence-electron chi connectivity index (χ0n) is 15.1. The molecule has 2 unspecified atom stereocenters. The van der Waals surface area contributed by atoms with Gasteiger partial charge in [0.05, 0.1) is 5.56 Å². The number of halogens is 3. The van der Waals surface area contributed by atoms with Crippen molar-refractivity contribution in [2.24, 2.45) is 17.2 Å². The van der Waals surface area contributed by atoms with E-state index in [4.69, 9.17) is 17.2 Å². The van der Waals surface area contributed by atoms with Crippen molar-refractivity contribution < 1.29 is 22.8 Å². The lowest BCUT2D eigenvalue weighted by atomic mass is 10.0. The summed E-state index contributed by atoms with van der Waals surface area (Å²) >= 11 is 0. The Morgan fingerprint density at radius 2 is 1.63 bits per heavy atom. The summed E-state index contributed by atoms with van der Waals surface area (Å²) in [4.78, 5) is 25.8. The van der Waals surface area contributed by atoms with Crippen LogP contribution in [-0.2, 0) is 22.2 Å². The molecule has 1 aromatic carbocycles. The lowest BCUT2D eigenvalue weighted by Gasteiger charge is -2.25. The molecule has 10 heteroatoms. The highest BCUT2D eigenvalue weighted by Crippen LogP contribution is 2.29. The molecule has 0 aliphatic rings. The Labute approximate surface area is 156 Å². The van der Waals surface area contributed by atoms with Crippen LogP contribution >= 0.6 is 0 Å². The second kappa shape index (κ2) is 10.2. The van der Waals surface area contributed by atoms with Crippen LogP contribution in [0.25, 0.3) is 0 Å². The average Bonchev–Trinajstić information content (AvgIpc) is 2.59. The third-order valence-corrected chi connectivity index (χ3v) is 3.87. The van der Waals surface area contributed by atoms with Crippen molar-refractivity contribution in [1.82, 2.24) is 10.2 Å². The summed E-state index contributed by atoms with van der Waals surface area (Å²) in [6, 6.07) is 2.83. The lowest BCUT2D eigenvalue weighted by Crippen LogP contribution is -2.55. The molecule has 1 rings (SSSR count). The van der Waals surface area contributed by atoms with Crippen LogP contribution < -0.4 is 22.5 Å². The monoisotopic (exact) mass is 389 g/mol. The van der Waals surface area contributed by atoms with Gasteiger partial charge in [0.2, 0.25) is 11.8 Å². The topological polar surface area (TPSA) is 127 Å². The third-order valence-electron chi connectivity index (χ3n) is 3.87. The molecule has 0 aliphatic carbocycles. The summed E-state index contributed by atoms with van der Waals surface area (Å²) < 4.78 is 37.7. The molecule has 1 aromatic rings. The van der Waals surface area contributed by atoms with E-state index in [1.54, 1.807) is 6.92 Å². The average molecular weight is 389 g/mol. The summed E-state index contributed by atoms with van der Waals surface area (Å²) in [5.74, 6) is -1.25. The van der Waals surface area contributed by atoms with E-state index in [2.05, 4.69) is 5.32 Å². The van der Waals surface area contributed by atoms with Crippen LogP contribution in [0, 0.1) is 0 Å². The maximum absolute atomic E-state index is 12.6. The predicted octanol–water partition coefficient (Wildman–Crippen LogP) is -0.174. The van der Waals surface area contributed by atoms with Crippen LogP contribution in [0.2, 0.25) is 0 Å². The van der Waals surface area contributed by atoms with Gasteiger partial charge in [-0.2, -0.15) is 13.2 Å². The van der Waals surface area contributed by atoms with Gasteiger partial charge in [-0.05, 0) is 31.0 Å². The van der Waals surface area contributed by atoms with Crippen molar-refractivity contribution in [1.29, 1.82) is 0 Å². The molecule has 0 aliphatic heterocycles. The van der Waals surface area contributed by atoms with Gasteiger partial charge in [0, 0.05) is 32.2 Å². The first-order valence-corrected chi connectivity index (χ1v) is 8.51. The Kier molecular flexibility index (Phi) is 8.67. The molecule has 0 spiro atoms. The van der Waals surface area contributed by atoms with Gasteiger partial charge >= 0.3 is 6.18 Å². The van der Waals surface area contributed by atoms with Crippen LogP contribution in [-0.4, -0.2) is 55.0 Å². The van der Waals surface area contributed by atoms with Crippen molar-refractivity contribution in [2.45, 2.75) is 31.6 Å². The molecule has 27 heavy (non-hydrogen) atoms. The molecular formula is C17H26F3N5O2. The molecule has 0 heterocycles. The summed E-state index contributed by atoms with van der Waals surface area (Å²) in [7, 11) is 0. The van der Waals surface area contributed by atoms with Crippen LogP contribution in [0.3, 0.4) is 0 Å². The number of amides is 2. The van der Waals surface area contributed by atoms with E-state index in [9.17, 15) is 22.8 Å². The van der Waals surface area contributed by atoms with Crippen molar-refractivity contribution >= 4 is 11.8 Å². The number of hydrogen-bond donors (Lipinski definition) is 4. The first-order chi connectivity index (χ1) is 12.6. The van der Waals surface area contributed by atoms with E-state index in [0.29, 0.717) is 12.0 Å². The van der Waals surface area contributed by atoms with Crippen molar-refractivity contribution in [2.75, 3.05) is 26.2 Å². The first kappa shape index (κ1) is 22.9. The number of nitrogens with zero attached hydrogens (tertiary/aromatic N) is 1. The van der Waals surface area contributed by atoms with Gasteiger partial charge < -0.3 is 27.4 Å². The minimum Gasteiger partial charge on any atom is -0.352 e. The molecule has 7 N–H and O–H groups in total. The number of rotatable bonds is 9. The Balaban J connectivity index is 2.63. The fourth-order valence-corrected chi connectivity index (χ4v) is 2.52. The van der Waals surface area contributed by atoms with Gasteiger partial charge in [-0.25, -0.2) is 0 Å². The van der Waals surface area contributed by atoms with Crippen LogP contribution in [0.5, 0.6) is 0 Å². The standard InChI is InChI=1S/C17H26F3N5O2/c1-11(10-12-2-4-13(5-3-12)17(18,19)20)24-15(26)14(23)16(27)25(8-6-21)9-7-22/h2-5,11,14H,6-10,21-23H2,1H3,(H,24,26). The SMILES string of the molecule is CC(Cc1ccc(C(F)(F)F)cc1)NC(=O)C(N)C(=O)N(CCN)CCN. The largest absolute Gasteiger partial charge is 0.416 e. The highest BCUT2D eigenvalue weighted by atomic mass is 19.4. The summed E-state index contributed by atoms with van der Waals surface area (Å²) in [6.45, 7) is 2.56. The fraction of sp³-hybridized carbons (Fsp3) is 0.529. The molecule has 2 atom stereocenters. The molecule has 2 amide bonds. The molecule has 0 bridgehead atoms. The minimum absolute atomic E-state index is 0.213. The van der Waals surface area contributed by atoms with Crippen molar-refractivity contribution in [3.8, 4) is 0 Å². The Morgan fingerprint density at radius 1 is 1.11 bits per heavy atom. The van der Waals surface area contributed by atoms with E-state index in [-0.39, 0.29) is 26.2 Å². The molecule has 0 fully saturated rings. The van der Waals surface area contributed by atoms with Crippen molar-refractivity contribution in [3.63, 3.8) is 0 Å². The second-order valence-electron chi connectivity index (χ2n) is 6.19. The van der Waals surface area contributed by atoms with Crippen molar-refractivity contribution in [3.05, 3.63) is 35.4 Å². The number of nitrogens with two attached hydrogens (primary N) is 3. The van der Waals surface area contributed by atoms with Gasteiger partial charge in [-0.3, -0.25) is 9.59 Å². The Bertz CT molecular complexity index is 616. The smallest absolute Gasteiger partial charge is 0.352 e. The summed E-state index contributed by atoms with van der Waals surface area (Å²) in [5.41, 5.74) is 16.5. The third kappa shape index (κ3) is 7.16. The quantitative estimate of drug-likeness (QED) is 0.436. The molecular weight excluding hydrogens is 363 g/mol. The lowest BCUT2D eigenvalue weighted by molar-refractivity contribution is -0.139. The van der Waals surface area contributed by atoms with Gasteiger partial charge in [-0.15, -0.1) is 0 Å². The predicted molar refractivity (Wildman–Crippen MR) is 95.4 cm³/mol. The maximum atomic E-state index is 12.6. The number of nitrogens with one attached hydrogen (secondary N) is 1. The zero-order valence-corrected chi connectivity index (χ0v) is 15.1. The van der Waals surface area contributed by atoms with Gasteiger partial charge in [0.25, 0.3) is 0 Å². The molecule has 0 saturated heterocycles. The number of alkyl halides is 3. The molecule has 0 saturated carbocycles. The normalized spacial score (nSPS) is 13.7. The van der Waals surface area contributed by atoms with Gasteiger partial charge in [0.1, 0.15) is 0 Å². The maximum Gasteiger partial charge on any atom is 0.416 e. The molecule has 7 nitrogen and oxygen atoms in total. The minimum atomic E-state index is -4.40. The number of carbonyl (C=O) groups is 2. The highest BCUT2D eigenvalue weighted by Gasteiger charge is 2.30. The molecule has 0 aromatic heterocycles. The van der Waals surface area contributed by atoms with Crippen LogP contribution in [0.15, 0.2) is 24.3 Å². The fourth-order valence-electron chi connectivity index (χ4n) is 2.52. The zero-order chi connectivity index (χ0) is 20.6. The molecule has 0 radical (unpaired) electrons. The van der Waals surface area contributed by atoms with Gasteiger partial charge in [-0.1, -0.05) is 12.1 Å². The van der Waals surface area contributed by atoms with E-state index in [1.807, 2.05) is 0 Å². The highest BCUT2D eigenvalue weighted by molar-refractivity contribution is 6.04. The summed E-state index contributed by atoms with van der Waals surface area (Å²) in [6.07, 6.45) is -4.11. The van der Waals surface area contributed by atoms with E-state index in [0.717, 1.165) is 12.1 Å². The molecule has 152 valence electrons. The van der Waals surface area contributed by atoms with Crippen LogP contribution in [0.4, 0.5) is 13.2 Å². The Hall–Kier alpha value is -2.17. The van der Waals surface area contributed by atoms with Gasteiger partial charge in [0.15, 0.2) is 6.04 Å². The summed E-state index contributed by atoms with van der Waals surface area (Å²) in [5, 5.41) is 2.60. The number of carbonyl (C=O) groups excluding carboxylic acids is 2. The number of benzene rings is 1. The van der Waals surface area contributed by atoms with E-state index >= 15 is 0 Å². The first-order valence-electron chi connectivity index (χ1n) is 8.51. The van der Waals surface area contributed by atoms with E-state index in [1.165, 1.54) is 17.0 Å². The van der Waals surface area contributed by atoms with E-state index < -0.39 is 35.6 Å². The Morgan fingerprint density at radius 3 is 2.07 bits per heavy atom.